The van der Waals surface area contributed by atoms with E-state index in [0.29, 0.717) is 28.2 Å². The molecule has 0 N–H and O–H groups in total. The molecule has 0 atom stereocenters. The molecule has 0 amide bonds. The average molecular weight is 440 g/mol. The van der Waals surface area contributed by atoms with Crippen LogP contribution in [0.15, 0.2) is 70.8 Å². The zero-order chi connectivity index (χ0) is 23.1. The first kappa shape index (κ1) is 20.6. The summed E-state index contributed by atoms with van der Waals surface area (Å²) in [6, 6.07) is 17.9. The molecule has 0 bridgehead atoms. The van der Waals surface area contributed by atoms with Gasteiger partial charge in [-0.25, -0.2) is 4.79 Å². The number of Topliss-reactive ketones (excluding diaryl/α,β-unsaturated/α-hetero) is 1. The van der Waals surface area contributed by atoms with Gasteiger partial charge in [0.2, 0.25) is 11.5 Å². The summed E-state index contributed by atoms with van der Waals surface area (Å²) < 4.78 is 22.4. The Kier molecular flexibility index (Phi) is 4.98. The Morgan fingerprint density at radius 3 is 2.58 bits per heavy atom. The molecule has 2 heterocycles. The van der Waals surface area contributed by atoms with Crippen molar-refractivity contribution in [2.24, 2.45) is 0 Å². The molecule has 6 nitrogen and oxygen atoms in total. The number of carbonyl (C=O) groups is 2. The van der Waals surface area contributed by atoms with Gasteiger partial charge < -0.3 is 18.6 Å². The van der Waals surface area contributed by atoms with Gasteiger partial charge in [0, 0.05) is 10.9 Å². The molecule has 5 rings (SSSR count). The molecule has 0 fully saturated rings. The van der Waals surface area contributed by atoms with Crippen LogP contribution in [0, 0.1) is 13.8 Å². The van der Waals surface area contributed by atoms with Crippen molar-refractivity contribution in [3.63, 3.8) is 0 Å². The highest BCUT2D eigenvalue weighted by Gasteiger charge is 2.31. The number of methoxy groups -OCH3 is 1. The number of furan rings is 1. The quantitative estimate of drug-likeness (QED) is 0.224. The summed E-state index contributed by atoms with van der Waals surface area (Å²) in [6.45, 7) is 3.71. The smallest absolute Gasteiger partial charge is 0.379 e. The van der Waals surface area contributed by atoms with E-state index < -0.39 is 5.97 Å². The van der Waals surface area contributed by atoms with Crippen molar-refractivity contribution < 1.29 is 28.2 Å². The summed E-state index contributed by atoms with van der Waals surface area (Å²) >= 11 is 0. The first-order chi connectivity index (χ1) is 16.0. The number of ketones is 1. The van der Waals surface area contributed by atoms with E-state index in [0.717, 1.165) is 16.5 Å². The lowest BCUT2D eigenvalue weighted by Crippen LogP contribution is -2.08. The third kappa shape index (κ3) is 3.55. The van der Waals surface area contributed by atoms with Crippen molar-refractivity contribution in [3.8, 4) is 17.2 Å². The van der Waals surface area contributed by atoms with Gasteiger partial charge in [-0.3, -0.25) is 4.79 Å². The second kappa shape index (κ2) is 7.98. The van der Waals surface area contributed by atoms with Gasteiger partial charge in [-0.15, -0.1) is 0 Å². The van der Waals surface area contributed by atoms with E-state index in [-0.39, 0.29) is 23.1 Å². The molecule has 0 saturated carbocycles. The number of fused-ring (bicyclic) bond motifs is 2. The van der Waals surface area contributed by atoms with Gasteiger partial charge in [0.05, 0.1) is 12.7 Å². The second-order valence-electron chi connectivity index (χ2n) is 7.74. The predicted molar refractivity (Wildman–Crippen MR) is 123 cm³/mol. The van der Waals surface area contributed by atoms with Gasteiger partial charge in [-0.05, 0) is 55.3 Å². The van der Waals surface area contributed by atoms with Crippen molar-refractivity contribution in [1.82, 2.24) is 0 Å². The minimum Gasteiger partial charge on any atom is -0.493 e. The molecule has 0 saturated heterocycles. The summed E-state index contributed by atoms with van der Waals surface area (Å²) in [7, 11) is 1.53. The Labute approximate surface area is 190 Å². The van der Waals surface area contributed by atoms with Gasteiger partial charge in [0.25, 0.3) is 0 Å². The average Bonchev–Trinajstić information content (AvgIpc) is 3.39. The van der Waals surface area contributed by atoms with Gasteiger partial charge in [0.15, 0.2) is 17.1 Å². The van der Waals surface area contributed by atoms with Gasteiger partial charge in [-0.1, -0.05) is 36.4 Å². The first-order valence-corrected chi connectivity index (χ1v) is 10.4. The molecule has 33 heavy (non-hydrogen) atoms. The molecule has 0 unspecified atom stereocenters. The number of benzene rings is 3. The number of hydrogen-bond acceptors (Lipinski definition) is 6. The molecule has 1 aliphatic heterocycles. The van der Waals surface area contributed by atoms with Crippen LogP contribution in [0.3, 0.4) is 0 Å². The Bertz CT molecular complexity index is 1460. The van der Waals surface area contributed by atoms with Crippen LogP contribution in [0.4, 0.5) is 0 Å². The Morgan fingerprint density at radius 2 is 1.79 bits per heavy atom. The van der Waals surface area contributed by atoms with Crippen molar-refractivity contribution in [3.05, 3.63) is 94.4 Å². The van der Waals surface area contributed by atoms with Gasteiger partial charge in [0.1, 0.15) is 11.5 Å². The molecular formula is C27H20O6. The molecule has 0 radical (unpaired) electrons. The third-order valence-electron chi connectivity index (χ3n) is 5.64. The van der Waals surface area contributed by atoms with Crippen LogP contribution in [0.2, 0.25) is 0 Å². The van der Waals surface area contributed by atoms with Crippen LogP contribution in [-0.4, -0.2) is 18.9 Å². The summed E-state index contributed by atoms with van der Waals surface area (Å²) in [5, 5.41) is 0.729. The Morgan fingerprint density at radius 1 is 0.970 bits per heavy atom. The minimum absolute atomic E-state index is 0.0477. The number of rotatable bonds is 4. The first-order valence-electron chi connectivity index (χ1n) is 10.4. The molecular weight excluding hydrogens is 420 g/mol. The van der Waals surface area contributed by atoms with Crippen molar-refractivity contribution in [2.45, 2.75) is 13.8 Å². The zero-order valence-corrected chi connectivity index (χ0v) is 18.3. The van der Waals surface area contributed by atoms with E-state index in [4.69, 9.17) is 18.6 Å². The maximum absolute atomic E-state index is 12.9. The molecule has 1 aromatic heterocycles. The second-order valence-corrected chi connectivity index (χ2v) is 7.74. The van der Waals surface area contributed by atoms with Gasteiger partial charge in [-0.2, -0.15) is 0 Å². The number of para-hydroxylation sites is 1. The lowest BCUT2D eigenvalue weighted by Gasteiger charge is -2.09. The van der Waals surface area contributed by atoms with Crippen molar-refractivity contribution in [1.29, 1.82) is 0 Å². The van der Waals surface area contributed by atoms with Gasteiger partial charge >= 0.3 is 5.97 Å². The topological polar surface area (TPSA) is 75.0 Å². The molecule has 4 aromatic rings. The van der Waals surface area contributed by atoms with E-state index in [1.165, 1.54) is 7.11 Å². The van der Waals surface area contributed by atoms with E-state index in [1.54, 1.807) is 37.3 Å². The summed E-state index contributed by atoms with van der Waals surface area (Å²) in [5.74, 6) is 0.615. The normalized spacial score (nSPS) is 13.8. The minimum atomic E-state index is -0.656. The SMILES string of the molecule is COc1cccc2cc(C(=O)Oc3ccc4c(c3C)O/C(=C\c3ccccc3C)C4=O)oc12. The van der Waals surface area contributed by atoms with Crippen LogP contribution in [0.1, 0.15) is 37.6 Å². The number of hydrogen-bond donors (Lipinski definition) is 0. The number of aryl methyl sites for hydroxylation is 1. The standard InChI is InChI=1S/C27H20O6/c1-15-7-4-5-8-17(15)13-22-24(28)19-11-12-20(16(2)25(19)31-22)33-27(29)23-14-18-9-6-10-21(30-3)26(18)32-23/h4-14H,1-3H3/b22-13-. The molecule has 0 aliphatic carbocycles. The fraction of sp³-hybridized carbons (Fsp3) is 0.111. The lowest BCUT2D eigenvalue weighted by molar-refractivity contribution is 0.0702. The Hall–Kier alpha value is -4.32. The maximum Gasteiger partial charge on any atom is 0.379 e. The van der Waals surface area contributed by atoms with Crippen LogP contribution in [0.5, 0.6) is 17.2 Å². The summed E-state index contributed by atoms with van der Waals surface area (Å²) in [5.41, 5.74) is 3.39. The highest BCUT2D eigenvalue weighted by Crippen LogP contribution is 2.40. The van der Waals surface area contributed by atoms with Crippen LogP contribution < -0.4 is 14.2 Å². The molecule has 6 heteroatoms. The van der Waals surface area contributed by atoms with Crippen LogP contribution >= 0.6 is 0 Å². The van der Waals surface area contributed by atoms with E-state index in [9.17, 15) is 9.59 Å². The predicted octanol–water partition coefficient (Wildman–Crippen LogP) is 5.89. The Balaban J connectivity index is 1.43. The maximum atomic E-state index is 12.9. The van der Waals surface area contributed by atoms with Crippen LogP contribution in [-0.2, 0) is 0 Å². The lowest BCUT2D eigenvalue weighted by atomic mass is 10.0. The highest BCUT2D eigenvalue weighted by molar-refractivity contribution is 6.15. The number of carbonyl (C=O) groups excluding carboxylic acids is 2. The van der Waals surface area contributed by atoms with Crippen molar-refractivity contribution >= 4 is 28.8 Å². The molecule has 0 spiro atoms. The number of allylic oxidation sites excluding steroid dienone is 1. The fourth-order valence-corrected chi connectivity index (χ4v) is 3.82. The summed E-state index contributed by atoms with van der Waals surface area (Å²) in [6.07, 6.45) is 1.73. The number of esters is 1. The molecule has 1 aliphatic rings. The monoisotopic (exact) mass is 440 g/mol. The van der Waals surface area contributed by atoms with Crippen molar-refractivity contribution in [2.75, 3.05) is 7.11 Å². The third-order valence-corrected chi connectivity index (χ3v) is 5.64. The fourth-order valence-electron chi connectivity index (χ4n) is 3.82. The zero-order valence-electron chi connectivity index (χ0n) is 18.3. The molecule has 3 aromatic carbocycles. The molecule has 164 valence electrons. The van der Waals surface area contributed by atoms with E-state index in [1.807, 2.05) is 43.3 Å². The number of ether oxygens (including phenoxy) is 3. The highest BCUT2D eigenvalue weighted by atomic mass is 16.6. The van der Waals surface area contributed by atoms with Crippen LogP contribution in [0.25, 0.3) is 17.0 Å². The van der Waals surface area contributed by atoms with E-state index >= 15 is 0 Å². The van der Waals surface area contributed by atoms with E-state index in [2.05, 4.69) is 0 Å². The largest absolute Gasteiger partial charge is 0.493 e. The summed E-state index contributed by atoms with van der Waals surface area (Å²) in [4.78, 5) is 25.6.